The average Bonchev–Trinajstić information content (AvgIpc) is 2.48. The zero-order chi connectivity index (χ0) is 14.4. The highest BCUT2D eigenvalue weighted by Crippen LogP contribution is 2.24. The fourth-order valence-corrected chi connectivity index (χ4v) is 2.42. The average molecular weight is 331 g/mol. The maximum atomic E-state index is 12.3. The van der Waals surface area contributed by atoms with E-state index in [9.17, 15) is 9.59 Å². The smallest absolute Gasteiger partial charge is 0.163 e. The first kappa shape index (κ1) is 14.7. The van der Waals surface area contributed by atoms with Gasteiger partial charge in [0.15, 0.2) is 5.78 Å². The van der Waals surface area contributed by atoms with E-state index in [2.05, 4.69) is 15.9 Å². The van der Waals surface area contributed by atoms with Gasteiger partial charge in [0.25, 0.3) is 0 Å². The van der Waals surface area contributed by atoms with Gasteiger partial charge in [-0.05, 0) is 23.6 Å². The normalized spacial score (nSPS) is 11.8. The zero-order valence-electron chi connectivity index (χ0n) is 11.0. The summed E-state index contributed by atoms with van der Waals surface area (Å²) >= 11 is 3.35. The molecule has 1 unspecified atom stereocenters. The Morgan fingerprint density at radius 3 is 2.30 bits per heavy atom. The van der Waals surface area contributed by atoms with Crippen LogP contribution in [0.4, 0.5) is 0 Å². The van der Waals surface area contributed by atoms with Crippen molar-refractivity contribution in [1.29, 1.82) is 0 Å². The number of ketones is 1. The van der Waals surface area contributed by atoms with Crippen LogP contribution < -0.4 is 0 Å². The maximum Gasteiger partial charge on any atom is 0.163 e. The van der Waals surface area contributed by atoms with E-state index >= 15 is 0 Å². The summed E-state index contributed by atoms with van der Waals surface area (Å²) < 4.78 is 0.946. The molecule has 0 aliphatic heterocycles. The van der Waals surface area contributed by atoms with E-state index in [1.807, 2.05) is 42.5 Å². The first-order chi connectivity index (χ1) is 9.70. The number of carbonyl (C=O) groups is 2. The molecule has 0 amide bonds. The number of aldehydes is 1. The van der Waals surface area contributed by atoms with E-state index in [0.29, 0.717) is 18.4 Å². The molecule has 1 atom stereocenters. The number of carbonyl (C=O) groups excluding carboxylic acids is 2. The topological polar surface area (TPSA) is 34.1 Å². The van der Waals surface area contributed by atoms with Gasteiger partial charge in [0, 0.05) is 22.9 Å². The minimum absolute atomic E-state index is 0.0511. The van der Waals surface area contributed by atoms with Crippen molar-refractivity contribution in [3.05, 3.63) is 70.2 Å². The van der Waals surface area contributed by atoms with Crippen molar-refractivity contribution in [2.75, 3.05) is 0 Å². The predicted octanol–water partition coefficient (Wildman–Crippen LogP) is 4.39. The third kappa shape index (κ3) is 3.87. The Morgan fingerprint density at radius 1 is 1.05 bits per heavy atom. The third-order valence-corrected chi connectivity index (χ3v) is 3.78. The van der Waals surface area contributed by atoms with Gasteiger partial charge < -0.3 is 4.79 Å². The van der Waals surface area contributed by atoms with Crippen LogP contribution in [0.5, 0.6) is 0 Å². The van der Waals surface area contributed by atoms with Gasteiger partial charge in [-0.2, -0.15) is 0 Å². The molecule has 0 aliphatic rings. The number of hydrogen-bond acceptors (Lipinski definition) is 2. The van der Waals surface area contributed by atoms with E-state index < -0.39 is 0 Å². The van der Waals surface area contributed by atoms with Crippen molar-refractivity contribution in [2.24, 2.45) is 0 Å². The monoisotopic (exact) mass is 330 g/mol. The number of Topliss-reactive ketones (excluding diaryl/α,β-unsaturated/α-hetero) is 1. The SMILES string of the molecule is O=CCC(CC(=O)c1ccc(Br)cc1)c1ccccc1. The minimum atomic E-state index is -0.0511. The second-order valence-corrected chi connectivity index (χ2v) is 5.56. The molecule has 0 aliphatic carbocycles. The summed E-state index contributed by atoms with van der Waals surface area (Å²) in [5, 5.41) is 0. The summed E-state index contributed by atoms with van der Waals surface area (Å²) in [4.78, 5) is 23.1. The van der Waals surface area contributed by atoms with E-state index in [0.717, 1.165) is 16.3 Å². The Bertz CT molecular complexity index is 576. The molecule has 0 radical (unpaired) electrons. The molecule has 0 spiro atoms. The maximum absolute atomic E-state index is 12.3. The molecule has 2 nitrogen and oxygen atoms in total. The Labute approximate surface area is 127 Å². The fraction of sp³-hybridized carbons (Fsp3) is 0.176. The Kier molecular flexibility index (Phi) is 5.24. The van der Waals surface area contributed by atoms with Crippen LogP contribution in [0, 0.1) is 0 Å². The molecule has 0 bridgehead atoms. The van der Waals surface area contributed by atoms with Crippen molar-refractivity contribution in [3.63, 3.8) is 0 Å². The summed E-state index contributed by atoms with van der Waals surface area (Å²) in [6.45, 7) is 0. The lowest BCUT2D eigenvalue weighted by Gasteiger charge is -2.13. The number of benzene rings is 2. The highest BCUT2D eigenvalue weighted by molar-refractivity contribution is 9.10. The lowest BCUT2D eigenvalue weighted by Crippen LogP contribution is -2.08. The lowest BCUT2D eigenvalue weighted by molar-refractivity contribution is -0.108. The molecule has 2 aromatic carbocycles. The first-order valence-corrected chi connectivity index (χ1v) is 7.27. The van der Waals surface area contributed by atoms with Gasteiger partial charge in [-0.25, -0.2) is 0 Å². The molecule has 2 rings (SSSR count). The lowest BCUT2D eigenvalue weighted by atomic mass is 9.89. The van der Waals surface area contributed by atoms with Gasteiger partial charge in [0.1, 0.15) is 6.29 Å². The summed E-state index contributed by atoms with van der Waals surface area (Å²) in [6.07, 6.45) is 1.60. The summed E-state index contributed by atoms with van der Waals surface area (Å²) in [7, 11) is 0. The molecule has 0 saturated heterocycles. The van der Waals surface area contributed by atoms with Crippen LogP contribution in [0.2, 0.25) is 0 Å². The zero-order valence-corrected chi connectivity index (χ0v) is 12.5. The van der Waals surface area contributed by atoms with E-state index in [1.54, 1.807) is 12.1 Å². The summed E-state index contributed by atoms with van der Waals surface area (Å²) in [5.41, 5.74) is 1.71. The number of rotatable bonds is 6. The second-order valence-electron chi connectivity index (χ2n) is 4.64. The second kappa shape index (κ2) is 7.15. The Balaban J connectivity index is 2.14. The van der Waals surface area contributed by atoms with Crippen LogP contribution in [0.15, 0.2) is 59.1 Å². The quantitative estimate of drug-likeness (QED) is 0.581. The molecule has 0 saturated carbocycles. The number of hydrogen-bond donors (Lipinski definition) is 0. The first-order valence-electron chi connectivity index (χ1n) is 6.48. The van der Waals surface area contributed by atoms with Crippen LogP contribution in [-0.2, 0) is 4.79 Å². The van der Waals surface area contributed by atoms with Crippen LogP contribution >= 0.6 is 15.9 Å². The molecule has 0 aromatic heterocycles. The molecule has 102 valence electrons. The van der Waals surface area contributed by atoms with Crippen LogP contribution in [-0.4, -0.2) is 12.1 Å². The standard InChI is InChI=1S/C17H15BrO2/c18-16-8-6-14(7-9-16)17(20)12-15(10-11-19)13-4-2-1-3-5-13/h1-9,11,15H,10,12H2. The van der Waals surface area contributed by atoms with Gasteiger partial charge in [0.2, 0.25) is 0 Å². The number of halogens is 1. The van der Waals surface area contributed by atoms with Crippen molar-refractivity contribution in [3.8, 4) is 0 Å². The Morgan fingerprint density at radius 2 is 1.70 bits per heavy atom. The third-order valence-electron chi connectivity index (χ3n) is 3.25. The molecule has 0 heterocycles. The van der Waals surface area contributed by atoms with Gasteiger partial charge in [-0.3, -0.25) is 4.79 Å². The summed E-state index contributed by atoms with van der Waals surface area (Å²) in [5.74, 6) is 0.0121. The van der Waals surface area contributed by atoms with Crippen molar-refractivity contribution >= 4 is 28.0 Å². The molecular weight excluding hydrogens is 316 g/mol. The van der Waals surface area contributed by atoms with Crippen molar-refractivity contribution in [2.45, 2.75) is 18.8 Å². The van der Waals surface area contributed by atoms with Crippen molar-refractivity contribution in [1.82, 2.24) is 0 Å². The highest BCUT2D eigenvalue weighted by Gasteiger charge is 2.16. The Hall–Kier alpha value is -1.74. The van der Waals surface area contributed by atoms with Gasteiger partial charge in [0.05, 0.1) is 0 Å². The molecule has 0 N–H and O–H groups in total. The minimum Gasteiger partial charge on any atom is -0.303 e. The van der Waals surface area contributed by atoms with Crippen LogP contribution in [0.3, 0.4) is 0 Å². The van der Waals surface area contributed by atoms with E-state index in [4.69, 9.17) is 0 Å². The predicted molar refractivity (Wildman–Crippen MR) is 83.0 cm³/mol. The molecular formula is C17H15BrO2. The van der Waals surface area contributed by atoms with E-state index in [-0.39, 0.29) is 11.7 Å². The largest absolute Gasteiger partial charge is 0.303 e. The van der Waals surface area contributed by atoms with Gasteiger partial charge in [-0.15, -0.1) is 0 Å². The van der Waals surface area contributed by atoms with Gasteiger partial charge in [-0.1, -0.05) is 58.4 Å². The molecule has 20 heavy (non-hydrogen) atoms. The van der Waals surface area contributed by atoms with Gasteiger partial charge >= 0.3 is 0 Å². The van der Waals surface area contributed by atoms with Crippen LogP contribution in [0.1, 0.15) is 34.7 Å². The highest BCUT2D eigenvalue weighted by atomic mass is 79.9. The fourth-order valence-electron chi connectivity index (χ4n) is 2.16. The summed E-state index contributed by atoms with van der Waals surface area (Å²) in [6, 6.07) is 17.0. The molecule has 0 fully saturated rings. The van der Waals surface area contributed by atoms with Crippen molar-refractivity contribution < 1.29 is 9.59 Å². The molecule has 2 aromatic rings. The molecule has 3 heteroatoms. The van der Waals surface area contributed by atoms with Crippen LogP contribution in [0.25, 0.3) is 0 Å². The van der Waals surface area contributed by atoms with E-state index in [1.165, 1.54) is 0 Å².